The second-order valence-electron chi connectivity index (χ2n) is 4.80. The van der Waals surface area contributed by atoms with E-state index in [1.54, 1.807) is 0 Å². The Bertz CT molecular complexity index is 560. The summed E-state index contributed by atoms with van der Waals surface area (Å²) in [4.78, 5) is 15.5. The first-order valence-electron chi connectivity index (χ1n) is 6.22. The van der Waals surface area contributed by atoms with Crippen LogP contribution in [0.15, 0.2) is 18.6 Å². The predicted octanol–water partition coefficient (Wildman–Crippen LogP) is 1.08. The van der Waals surface area contributed by atoms with E-state index in [4.69, 9.17) is 0 Å². The lowest BCUT2D eigenvalue weighted by atomic mass is 10.1. The Morgan fingerprint density at radius 2 is 2.22 bits per heavy atom. The van der Waals surface area contributed by atoms with Crippen molar-refractivity contribution in [2.75, 3.05) is 6.54 Å². The average Bonchev–Trinajstić information content (AvgIpc) is 2.75. The van der Waals surface area contributed by atoms with E-state index in [9.17, 15) is 0 Å². The molecule has 0 aromatic carbocycles. The molecule has 5 heteroatoms. The van der Waals surface area contributed by atoms with Gasteiger partial charge in [-0.2, -0.15) is 0 Å². The molecule has 3 rings (SSSR count). The zero-order valence-corrected chi connectivity index (χ0v) is 10.8. The van der Waals surface area contributed by atoms with Gasteiger partial charge in [0.15, 0.2) is 0 Å². The third-order valence-corrected chi connectivity index (χ3v) is 3.42. The second kappa shape index (κ2) is 4.49. The first kappa shape index (κ1) is 11.3. The highest BCUT2D eigenvalue weighted by atomic mass is 15.2. The topological polar surface area (TPSA) is 46.8 Å². The molecule has 1 aliphatic heterocycles. The van der Waals surface area contributed by atoms with E-state index in [-0.39, 0.29) is 0 Å². The Morgan fingerprint density at radius 1 is 1.33 bits per heavy atom. The van der Waals surface area contributed by atoms with Crippen molar-refractivity contribution in [3.8, 4) is 0 Å². The lowest BCUT2D eigenvalue weighted by molar-refractivity contribution is 0.234. The molecule has 0 spiro atoms. The van der Waals surface area contributed by atoms with Crippen LogP contribution in [0.5, 0.6) is 0 Å². The molecule has 0 saturated heterocycles. The Kier molecular flexibility index (Phi) is 2.83. The maximum Gasteiger partial charge on any atom is 0.125 e. The molecule has 0 N–H and O–H groups in total. The van der Waals surface area contributed by atoms with Gasteiger partial charge in [-0.3, -0.25) is 4.90 Å². The van der Waals surface area contributed by atoms with Crippen LogP contribution in [0.25, 0.3) is 0 Å². The van der Waals surface area contributed by atoms with Crippen molar-refractivity contribution in [1.82, 2.24) is 24.4 Å². The molecule has 0 fully saturated rings. The van der Waals surface area contributed by atoms with Gasteiger partial charge >= 0.3 is 0 Å². The van der Waals surface area contributed by atoms with Crippen molar-refractivity contribution in [1.29, 1.82) is 0 Å². The third-order valence-electron chi connectivity index (χ3n) is 3.42. The molecule has 18 heavy (non-hydrogen) atoms. The van der Waals surface area contributed by atoms with E-state index < -0.39 is 0 Å². The molecular weight excluding hydrogens is 226 g/mol. The maximum atomic E-state index is 4.50. The molecule has 5 nitrogen and oxygen atoms in total. The number of imidazole rings is 1. The summed E-state index contributed by atoms with van der Waals surface area (Å²) in [6.45, 7) is 4.79. The number of nitrogens with zero attached hydrogens (tertiary/aromatic N) is 5. The Morgan fingerprint density at radius 3 is 3.00 bits per heavy atom. The van der Waals surface area contributed by atoms with Gasteiger partial charge in [0, 0.05) is 56.4 Å². The summed E-state index contributed by atoms with van der Waals surface area (Å²) in [6.07, 6.45) is 6.80. The Balaban J connectivity index is 1.75. The standard InChI is InChI=1S/C13H17N5/c1-10-15-7-11-8-18(5-3-12(11)16-10)9-13-14-4-6-17(13)2/h4,6-7H,3,5,8-9H2,1-2H3. The van der Waals surface area contributed by atoms with Gasteiger partial charge in [-0.25, -0.2) is 15.0 Å². The van der Waals surface area contributed by atoms with Gasteiger partial charge in [0.1, 0.15) is 11.6 Å². The first-order chi connectivity index (χ1) is 8.72. The smallest absolute Gasteiger partial charge is 0.125 e. The van der Waals surface area contributed by atoms with Crippen LogP contribution in [-0.2, 0) is 26.6 Å². The molecule has 1 aliphatic rings. The van der Waals surface area contributed by atoms with Crippen LogP contribution in [-0.4, -0.2) is 31.0 Å². The number of aromatic nitrogens is 4. The molecular formula is C13H17N5. The van der Waals surface area contributed by atoms with Crippen LogP contribution in [0, 0.1) is 6.92 Å². The van der Waals surface area contributed by atoms with Crippen molar-refractivity contribution in [3.05, 3.63) is 41.5 Å². The molecule has 0 amide bonds. The van der Waals surface area contributed by atoms with Gasteiger partial charge in [0.2, 0.25) is 0 Å². The Labute approximate surface area is 107 Å². The van der Waals surface area contributed by atoms with E-state index in [0.29, 0.717) is 0 Å². The van der Waals surface area contributed by atoms with Crippen LogP contribution in [0.4, 0.5) is 0 Å². The summed E-state index contributed by atoms with van der Waals surface area (Å²) in [6, 6.07) is 0. The highest BCUT2D eigenvalue weighted by Gasteiger charge is 2.18. The monoisotopic (exact) mass is 243 g/mol. The van der Waals surface area contributed by atoms with Crippen LogP contribution in [0.3, 0.4) is 0 Å². The van der Waals surface area contributed by atoms with E-state index in [0.717, 1.165) is 37.7 Å². The fourth-order valence-electron chi connectivity index (χ4n) is 2.36. The number of aryl methyl sites for hydroxylation is 2. The average molecular weight is 243 g/mol. The van der Waals surface area contributed by atoms with Crippen molar-refractivity contribution in [3.63, 3.8) is 0 Å². The summed E-state index contributed by atoms with van der Waals surface area (Å²) < 4.78 is 2.07. The van der Waals surface area contributed by atoms with E-state index in [1.165, 1.54) is 11.3 Å². The maximum absolute atomic E-state index is 4.50. The number of hydrogen-bond acceptors (Lipinski definition) is 4. The molecule has 0 bridgehead atoms. The fourth-order valence-corrected chi connectivity index (χ4v) is 2.36. The fraction of sp³-hybridized carbons (Fsp3) is 0.462. The normalized spacial score (nSPS) is 15.7. The lowest BCUT2D eigenvalue weighted by Crippen LogP contribution is -2.31. The minimum atomic E-state index is 0.867. The van der Waals surface area contributed by atoms with E-state index in [1.807, 2.05) is 32.6 Å². The summed E-state index contributed by atoms with van der Waals surface area (Å²) in [7, 11) is 2.03. The highest BCUT2D eigenvalue weighted by Crippen LogP contribution is 2.17. The summed E-state index contributed by atoms with van der Waals surface area (Å²) >= 11 is 0. The lowest BCUT2D eigenvalue weighted by Gasteiger charge is -2.27. The molecule has 2 aromatic rings. The number of fused-ring (bicyclic) bond motifs is 1. The summed E-state index contributed by atoms with van der Waals surface area (Å²) in [5.41, 5.74) is 2.46. The largest absolute Gasteiger partial charge is 0.337 e. The van der Waals surface area contributed by atoms with Crippen molar-refractivity contribution < 1.29 is 0 Å². The molecule has 0 radical (unpaired) electrons. The quantitative estimate of drug-likeness (QED) is 0.792. The SMILES string of the molecule is Cc1ncc2c(n1)CCN(Cc1nccn1C)C2. The van der Waals surface area contributed by atoms with Crippen molar-refractivity contribution >= 4 is 0 Å². The minimum Gasteiger partial charge on any atom is -0.337 e. The van der Waals surface area contributed by atoms with Gasteiger partial charge in [-0.15, -0.1) is 0 Å². The Hall–Kier alpha value is -1.75. The molecule has 0 saturated carbocycles. The van der Waals surface area contributed by atoms with Crippen molar-refractivity contribution in [2.24, 2.45) is 7.05 Å². The predicted molar refractivity (Wildman–Crippen MR) is 67.8 cm³/mol. The highest BCUT2D eigenvalue weighted by molar-refractivity contribution is 5.20. The van der Waals surface area contributed by atoms with Gasteiger partial charge in [-0.05, 0) is 6.92 Å². The van der Waals surface area contributed by atoms with Gasteiger partial charge in [-0.1, -0.05) is 0 Å². The number of hydrogen-bond donors (Lipinski definition) is 0. The number of rotatable bonds is 2. The zero-order valence-electron chi connectivity index (χ0n) is 10.8. The molecule has 3 heterocycles. The molecule has 94 valence electrons. The van der Waals surface area contributed by atoms with Crippen molar-refractivity contribution in [2.45, 2.75) is 26.4 Å². The van der Waals surface area contributed by atoms with Crippen LogP contribution >= 0.6 is 0 Å². The van der Waals surface area contributed by atoms with E-state index in [2.05, 4.69) is 24.4 Å². The minimum absolute atomic E-state index is 0.867. The molecule has 2 aromatic heterocycles. The van der Waals surface area contributed by atoms with Gasteiger partial charge in [0.05, 0.1) is 6.54 Å². The first-order valence-corrected chi connectivity index (χ1v) is 6.22. The molecule has 0 unspecified atom stereocenters. The summed E-state index contributed by atoms with van der Waals surface area (Å²) in [5.74, 6) is 1.97. The molecule has 0 atom stereocenters. The molecule has 0 aliphatic carbocycles. The van der Waals surface area contributed by atoms with E-state index >= 15 is 0 Å². The van der Waals surface area contributed by atoms with Crippen LogP contribution < -0.4 is 0 Å². The zero-order chi connectivity index (χ0) is 12.5. The van der Waals surface area contributed by atoms with Crippen LogP contribution in [0.1, 0.15) is 22.9 Å². The third kappa shape index (κ3) is 2.13. The van der Waals surface area contributed by atoms with Gasteiger partial charge in [0.25, 0.3) is 0 Å². The summed E-state index contributed by atoms with van der Waals surface area (Å²) in [5, 5.41) is 0. The second-order valence-corrected chi connectivity index (χ2v) is 4.80. The van der Waals surface area contributed by atoms with Gasteiger partial charge < -0.3 is 4.57 Å². The van der Waals surface area contributed by atoms with Crippen LogP contribution in [0.2, 0.25) is 0 Å².